The largest absolute Gasteiger partial charge is 0.455 e. The van der Waals surface area contributed by atoms with Gasteiger partial charge in [0.2, 0.25) is 0 Å². The van der Waals surface area contributed by atoms with Crippen LogP contribution in [0.5, 0.6) is 0 Å². The maximum Gasteiger partial charge on any atom is 0.170 e. The normalized spacial score (nSPS) is 18.9. The molecule has 1 N–H and O–H groups in total. The van der Waals surface area contributed by atoms with Crippen molar-refractivity contribution in [3.05, 3.63) is 71.2 Å². The number of furan rings is 1. The number of rotatable bonds is 2. The Morgan fingerprint density at radius 1 is 1.14 bits per heavy atom. The first-order valence-electron chi connectivity index (χ1n) is 7.18. The van der Waals surface area contributed by atoms with Crippen LogP contribution in [0.1, 0.15) is 35.3 Å². The molecule has 0 saturated carbocycles. The summed E-state index contributed by atoms with van der Waals surface area (Å²) in [4.78, 5) is 0. The van der Waals surface area contributed by atoms with Gasteiger partial charge in [-0.15, -0.1) is 0 Å². The van der Waals surface area contributed by atoms with Gasteiger partial charge in [-0.25, -0.2) is 4.39 Å². The second kappa shape index (κ2) is 4.71. The average Bonchev–Trinajstić information content (AvgIpc) is 3.11. The van der Waals surface area contributed by atoms with Crippen molar-refractivity contribution in [3.63, 3.8) is 0 Å². The second-order valence-corrected chi connectivity index (χ2v) is 5.60. The molecule has 1 aliphatic carbocycles. The Kier molecular flexibility index (Phi) is 2.82. The summed E-state index contributed by atoms with van der Waals surface area (Å²) < 4.78 is 19.3. The highest BCUT2D eigenvalue weighted by Gasteiger charge is 2.31. The highest BCUT2D eigenvalue weighted by atomic mass is 19.1. The highest BCUT2D eigenvalue weighted by Crippen LogP contribution is 2.42. The molecule has 2 atom stereocenters. The Morgan fingerprint density at radius 2 is 2.00 bits per heavy atom. The molecule has 0 amide bonds. The van der Waals surface area contributed by atoms with Crippen molar-refractivity contribution in [3.8, 4) is 0 Å². The molecule has 21 heavy (non-hydrogen) atoms. The fraction of sp³-hybridized carbons (Fsp3) is 0.222. The van der Waals surface area contributed by atoms with Gasteiger partial charge in [-0.2, -0.15) is 0 Å². The van der Waals surface area contributed by atoms with Crippen molar-refractivity contribution in [2.75, 3.05) is 0 Å². The summed E-state index contributed by atoms with van der Waals surface area (Å²) in [5, 5.41) is 11.3. The molecule has 1 aliphatic rings. The van der Waals surface area contributed by atoms with Gasteiger partial charge in [0.05, 0.1) is 0 Å². The van der Waals surface area contributed by atoms with E-state index in [1.54, 1.807) is 18.2 Å². The van der Waals surface area contributed by atoms with Gasteiger partial charge < -0.3 is 9.52 Å². The van der Waals surface area contributed by atoms with Crippen LogP contribution in [0.15, 0.2) is 52.9 Å². The maximum atomic E-state index is 13.7. The molecule has 0 saturated heterocycles. The van der Waals surface area contributed by atoms with Crippen molar-refractivity contribution in [2.45, 2.75) is 24.9 Å². The highest BCUT2D eigenvalue weighted by molar-refractivity contribution is 5.78. The zero-order valence-corrected chi connectivity index (χ0v) is 11.4. The summed E-state index contributed by atoms with van der Waals surface area (Å²) >= 11 is 0. The fourth-order valence-electron chi connectivity index (χ4n) is 3.31. The van der Waals surface area contributed by atoms with Gasteiger partial charge >= 0.3 is 0 Å². The molecule has 2 aromatic carbocycles. The summed E-state index contributed by atoms with van der Waals surface area (Å²) in [6, 6.07) is 14.7. The standard InChI is InChI=1S/C18H15FO2/c19-15-7-3-5-12-10-16(21-18(12)15)17(20)14-9-8-11-4-1-2-6-13(11)14/h1-7,10,14,17,20H,8-9H2. The van der Waals surface area contributed by atoms with Crippen molar-refractivity contribution in [2.24, 2.45) is 0 Å². The lowest BCUT2D eigenvalue weighted by atomic mass is 9.94. The van der Waals surface area contributed by atoms with Gasteiger partial charge in [-0.1, -0.05) is 36.4 Å². The third kappa shape index (κ3) is 1.96. The number of benzene rings is 2. The van der Waals surface area contributed by atoms with Gasteiger partial charge in [-0.3, -0.25) is 0 Å². The van der Waals surface area contributed by atoms with Crippen molar-refractivity contribution in [1.29, 1.82) is 0 Å². The van der Waals surface area contributed by atoms with Crippen molar-refractivity contribution < 1.29 is 13.9 Å². The van der Waals surface area contributed by atoms with Gasteiger partial charge in [-0.05, 0) is 36.1 Å². The molecule has 0 radical (unpaired) electrons. The Bertz CT molecular complexity index is 806. The third-order valence-electron chi connectivity index (χ3n) is 4.37. The van der Waals surface area contributed by atoms with E-state index < -0.39 is 11.9 Å². The first kappa shape index (κ1) is 12.6. The van der Waals surface area contributed by atoms with Crippen LogP contribution in [0, 0.1) is 5.82 Å². The minimum Gasteiger partial charge on any atom is -0.455 e. The zero-order chi connectivity index (χ0) is 14.4. The minimum absolute atomic E-state index is 0.0184. The first-order chi connectivity index (χ1) is 10.2. The fourth-order valence-corrected chi connectivity index (χ4v) is 3.31. The number of aliphatic hydroxyl groups is 1. The molecule has 2 unspecified atom stereocenters. The predicted octanol–water partition coefficient (Wildman–Crippen LogP) is 4.34. The molecule has 3 aromatic rings. The number of halogens is 1. The molecular weight excluding hydrogens is 267 g/mol. The van der Waals surface area contributed by atoms with Crippen LogP contribution in [0.4, 0.5) is 4.39 Å². The smallest absolute Gasteiger partial charge is 0.170 e. The number of hydrogen-bond acceptors (Lipinski definition) is 2. The van der Waals surface area contributed by atoms with E-state index in [0.29, 0.717) is 11.1 Å². The summed E-state index contributed by atoms with van der Waals surface area (Å²) in [6.45, 7) is 0. The van der Waals surface area contributed by atoms with Crippen LogP contribution >= 0.6 is 0 Å². The van der Waals surface area contributed by atoms with E-state index in [2.05, 4.69) is 12.1 Å². The van der Waals surface area contributed by atoms with E-state index in [4.69, 9.17) is 4.42 Å². The molecule has 1 heterocycles. The van der Waals surface area contributed by atoms with Crippen LogP contribution < -0.4 is 0 Å². The number of fused-ring (bicyclic) bond motifs is 2. The lowest BCUT2D eigenvalue weighted by molar-refractivity contribution is 0.121. The summed E-state index contributed by atoms with van der Waals surface area (Å²) in [5.41, 5.74) is 2.67. The Hall–Kier alpha value is -2.13. The number of aliphatic hydroxyl groups excluding tert-OH is 1. The van der Waals surface area contributed by atoms with E-state index in [1.807, 2.05) is 12.1 Å². The lowest BCUT2D eigenvalue weighted by Gasteiger charge is -2.17. The minimum atomic E-state index is -0.736. The van der Waals surface area contributed by atoms with Crippen LogP contribution in [0.2, 0.25) is 0 Å². The van der Waals surface area contributed by atoms with E-state index in [-0.39, 0.29) is 11.5 Å². The molecule has 2 nitrogen and oxygen atoms in total. The van der Waals surface area contributed by atoms with Crippen molar-refractivity contribution in [1.82, 2.24) is 0 Å². The van der Waals surface area contributed by atoms with E-state index >= 15 is 0 Å². The van der Waals surface area contributed by atoms with Crippen molar-refractivity contribution >= 4 is 11.0 Å². The molecule has 0 aliphatic heterocycles. The predicted molar refractivity (Wildman–Crippen MR) is 78.6 cm³/mol. The monoisotopic (exact) mass is 282 g/mol. The van der Waals surface area contributed by atoms with Crippen LogP contribution in [-0.2, 0) is 6.42 Å². The van der Waals surface area contributed by atoms with Crippen LogP contribution in [-0.4, -0.2) is 5.11 Å². The summed E-state index contributed by atoms with van der Waals surface area (Å²) in [7, 11) is 0. The molecule has 0 spiro atoms. The quantitative estimate of drug-likeness (QED) is 0.758. The molecule has 1 aromatic heterocycles. The zero-order valence-electron chi connectivity index (χ0n) is 11.4. The average molecular weight is 282 g/mol. The number of hydrogen-bond donors (Lipinski definition) is 1. The summed E-state index contributed by atoms with van der Waals surface area (Å²) in [6.07, 6.45) is 1.12. The molecule has 3 heteroatoms. The Balaban J connectivity index is 1.74. The molecular formula is C18H15FO2. The number of para-hydroxylation sites is 1. The Labute approximate surface area is 121 Å². The van der Waals surface area contributed by atoms with Gasteiger partial charge in [0.1, 0.15) is 11.9 Å². The van der Waals surface area contributed by atoms with E-state index in [0.717, 1.165) is 12.8 Å². The van der Waals surface area contributed by atoms with Gasteiger partial charge in [0, 0.05) is 11.3 Å². The van der Waals surface area contributed by atoms with Gasteiger partial charge in [0.15, 0.2) is 11.4 Å². The maximum absolute atomic E-state index is 13.7. The second-order valence-electron chi connectivity index (χ2n) is 5.60. The number of aryl methyl sites for hydroxylation is 1. The Morgan fingerprint density at radius 3 is 2.86 bits per heavy atom. The summed E-state index contributed by atoms with van der Waals surface area (Å²) in [5.74, 6) is 0.0689. The lowest BCUT2D eigenvalue weighted by Crippen LogP contribution is -2.07. The molecule has 4 rings (SSSR count). The first-order valence-corrected chi connectivity index (χ1v) is 7.18. The van der Waals surface area contributed by atoms with E-state index in [1.165, 1.54) is 17.2 Å². The molecule has 0 bridgehead atoms. The topological polar surface area (TPSA) is 33.4 Å². The van der Waals surface area contributed by atoms with Gasteiger partial charge in [0.25, 0.3) is 0 Å². The van der Waals surface area contributed by atoms with Crippen LogP contribution in [0.25, 0.3) is 11.0 Å². The van der Waals surface area contributed by atoms with Crippen LogP contribution in [0.3, 0.4) is 0 Å². The third-order valence-corrected chi connectivity index (χ3v) is 4.37. The molecule has 106 valence electrons. The molecule has 0 fully saturated rings. The van der Waals surface area contributed by atoms with E-state index in [9.17, 15) is 9.50 Å². The SMILES string of the molecule is OC(c1cc2cccc(F)c2o1)C1CCc2ccccc21.